The Morgan fingerprint density at radius 1 is 1.16 bits per heavy atom. The molecule has 0 spiro atoms. The molecule has 5 rings (SSSR count). The third kappa shape index (κ3) is 3.38. The number of allylic oxidation sites excluding steroid dienone is 2. The highest BCUT2D eigenvalue weighted by Crippen LogP contribution is 2.47. The van der Waals surface area contributed by atoms with E-state index in [2.05, 4.69) is 10.3 Å². The van der Waals surface area contributed by atoms with E-state index in [1.165, 1.54) is 12.1 Å². The first kappa shape index (κ1) is 19.4. The summed E-state index contributed by atoms with van der Waals surface area (Å²) in [5.41, 5.74) is 9.32. The van der Waals surface area contributed by atoms with Crippen molar-refractivity contribution < 1.29 is 14.5 Å². The number of Topliss-reactive ketones (excluding diaryl/α,β-unsaturated/α-hetero) is 1. The van der Waals surface area contributed by atoms with Gasteiger partial charge in [0, 0.05) is 54.4 Å². The van der Waals surface area contributed by atoms with Gasteiger partial charge in [-0.15, -0.1) is 0 Å². The number of aromatic nitrogens is 2. The van der Waals surface area contributed by atoms with Crippen molar-refractivity contribution in [1.82, 2.24) is 9.97 Å². The number of carbonyl (C=O) groups excluding carboxylic acids is 1. The van der Waals surface area contributed by atoms with Crippen LogP contribution in [0.15, 0.2) is 35.5 Å². The van der Waals surface area contributed by atoms with Crippen molar-refractivity contribution in [3.05, 3.63) is 56.8 Å². The molecule has 0 amide bonds. The van der Waals surface area contributed by atoms with Crippen LogP contribution in [0, 0.1) is 10.1 Å². The van der Waals surface area contributed by atoms with E-state index in [4.69, 9.17) is 15.5 Å². The molecule has 160 valence electrons. The van der Waals surface area contributed by atoms with Crippen LogP contribution in [-0.2, 0) is 9.53 Å². The van der Waals surface area contributed by atoms with Crippen LogP contribution in [0.2, 0.25) is 0 Å². The van der Waals surface area contributed by atoms with Crippen molar-refractivity contribution in [3.8, 4) is 0 Å². The van der Waals surface area contributed by atoms with Gasteiger partial charge in [-0.3, -0.25) is 14.9 Å². The fourth-order valence-corrected chi connectivity index (χ4v) is 4.50. The molecule has 1 saturated heterocycles. The van der Waals surface area contributed by atoms with E-state index in [0.29, 0.717) is 61.4 Å². The molecular formula is C21H22N6O4. The van der Waals surface area contributed by atoms with Crippen molar-refractivity contribution in [2.45, 2.75) is 25.2 Å². The standard InChI is InChI=1S/C21H22N6O4/c22-19-18-16(12-4-6-13(7-5-12)27(29)30)17-14(2-1-3-15(17)28)23-20(18)25-21(24-19)26-8-10-31-11-9-26/h4-7,16H,1-3,8-11H2,(H3,22,23,24,25)/t16-/m1/s1. The van der Waals surface area contributed by atoms with Gasteiger partial charge in [0.15, 0.2) is 5.78 Å². The number of rotatable bonds is 3. The molecule has 31 heavy (non-hydrogen) atoms. The topological polar surface area (TPSA) is 137 Å². The Kier molecular flexibility index (Phi) is 4.78. The van der Waals surface area contributed by atoms with Crippen molar-refractivity contribution in [2.75, 3.05) is 42.3 Å². The number of nitro groups is 1. The lowest BCUT2D eigenvalue weighted by Gasteiger charge is -2.35. The maximum absolute atomic E-state index is 12.9. The van der Waals surface area contributed by atoms with Gasteiger partial charge in [-0.25, -0.2) is 0 Å². The molecule has 1 atom stereocenters. The van der Waals surface area contributed by atoms with Gasteiger partial charge in [-0.2, -0.15) is 9.97 Å². The second kappa shape index (κ2) is 7.62. The average molecular weight is 422 g/mol. The molecule has 10 nitrogen and oxygen atoms in total. The highest BCUT2D eigenvalue weighted by molar-refractivity contribution is 6.01. The number of nitrogen functional groups attached to an aromatic ring is 1. The number of nitrogens with two attached hydrogens (primary N) is 1. The van der Waals surface area contributed by atoms with Crippen molar-refractivity contribution >= 4 is 29.1 Å². The van der Waals surface area contributed by atoms with Crippen LogP contribution in [0.3, 0.4) is 0 Å². The van der Waals surface area contributed by atoms with Crippen LogP contribution in [0.5, 0.6) is 0 Å². The number of hydrogen-bond donors (Lipinski definition) is 2. The summed E-state index contributed by atoms with van der Waals surface area (Å²) in [6, 6.07) is 6.26. The fourth-order valence-electron chi connectivity index (χ4n) is 4.50. The molecule has 1 aliphatic carbocycles. The number of nitrogens with one attached hydrogen (secondary N) is 1. The minimum absolute atomic E-state index is 0.00558. The number of non-ortho nitro benzene ring substituents is 1. The Balaban J connectivity index is 1.64. The van der Waals surface area contributed by atoms with Crippen LogP contribution in [0.25, 0.3) is 0 Å². The summed E-state index contributed by atoms with van der Waals surface area (Å²) in [4.78, 5) is 34.9. The summed E-state index contributed by atoms with van der Waals surface area (Å²) in [6.45, 7) is 2.55. The largest absolute Gasteiger partial charge is 0.383 e. The SMILES string of the molecule is Nc1nc(N2CCOCC2)nc2c1[C@H](c1ccc([N+](=O)[O-])cc1)C1=C(CCCC1=O)N2. The predicted octanol–water partition coefficient (Wildman–Crippen LogP) is 2.37. The van der Waals surface area contributed by atoms with Crippen LogP contribution in [0.1, 0.15) is 36.3 Å². The van der Waals surface area contributed by atoms with Crippen molar-refractivity contribution in [2.24, 2.45) is 0 Å². The summed E-state index contributed by atoms with van der Waals surface area (Å²) in [7, 11) is 0. The van der Waals surface area contributed by atoms with Crippen LogP contribution in [0.4, 0.5) is 23.3 Å². The molecule has 1 aromatic carbocycles. The molecule has 0 radical (unpaired) electrons. The molecule has 0 saturated carbocycles. The van der Waals surface area contributed by atoms with Gasteiger partial charge in [-0.1, -0.05) is 12.1 Å². The molecular weight excluding hydrogens is 400 g/mol. The Bertz CT molecular complexity index is 1090. The number of ether oxygens (including phenoxy) is 1. The second-order valence-corrected chi connectivity index (χ2v) is 7.85. The first-order chi connectivity index (χ1) is 15.0. The van der Waals surface area contributed by atoms with Crippen LogP contribution < -0.4 is 16.0 Å². The monoisotopic (exact) mass is 422 g/mol. The Morgan fingerprint density at radius 2 is 1.90 bits per heavy atom. The van der Waals surface area contributed by atoms with Gasteiger partial charge in [0.1, 0.15) is 11.6 Å². The molecule has 3 heterocycles. The summed E-state index contributed by atoms with van der Waals surface area (Å²) < 4.78 is 5.41. The number of nitrogens with zero attached hydrogens (tertiary/aromatic N) is 4. The van der Waals surface area contributed by atoms with Gasteiger partial charge in [0.05, 0.1) is 18.1 Å². The number of morpholine rings is 1. The van der Waals surface area contributed by atoms with E-state index in [-0.39, 0.29) is 11.5 Å². The average Bonchev–Trinajstić information content (AvgIpc) is 2.78. The van der Waals surface area contributed by atoms with Crippen molar-refractivity contribution in [3.63, 3.8) is 0 Å². The highest BCUT2D eigenvalue weighted by Gasteiger charge is 2.38. The number of hydrogen-bond acceptors (Lipinski definition) is 9. The Labute approximate surface area is 178 Å². The first-order valence-electron chi connectivity index (χ1n) is 10.3. The molecule has 3 N–H and O–H groups in total. The summed E-state index contributed by atoms with van der Waals surface area (Å²) >= 11 is 0. The molecule has 0 bridgehead atoms. The van der Waals surface area contributed by atoms with Gasteiger partial charge in [-0.05, 0) is 18.4 Å². The molecule has 1 fully saturated rings. The zero-order chi connectivity index (χ0) is 21.5. The minimum atomic E-state index is -0.460. The van der Waals surface area contributed by atoms with Gasteiger partial charge >= 0.3 is 0 Å². The van der Waals surface area contributed by atoms with Gasteiger partial charge < -0.3 is 20.7 Å². The Hall–Kier alpha value is -3.53. The minimum Gasteiger partial charge on any atom is -0.383 e. The summed E-state index contributed by atoms with van der Waals surface area (Å²) in [5, 5.41) is 14.4. The lowest BCUT2D eigenvalue weighted by molar-refractivity contribution is -0.384. The quantitative estimate of drug-likeness (QED) is 0.564. The normalized spacial score (nSPS) is 20.7. The molecule has 0 unspecified atom stereocenters. The van der Waals surface area contributed by atoms with E-state index >= 15 is 0 Å². The maximum Gasteiger partial charge on any atom is 0.269 e. The molecule has 1 aromatic heterocycles. The molecule has 2 aliphatic heterocycles. The predicted molar refractivity (Wildman–Crippen MR) is 114 cm³/mol. The van der Waals surface area contributed by atoms with E-state index < -0.39 is 10.8 Å². The number of benzene rings is 1. The number of carbonyl (C=O) groups is 1. The van der Waals surface area contributed by atoms with Gasteiger partial charge in [0.25, 0.3) is 5.69 Å². The number of fused-ring (bicyclic) bond motifs is 1. The summed E-state index contributed by atoms with van der Waals surface area (Å²) in [5.74, 6) is 1.01. The molecule has 10 heteroatoms. The van der Waals surface area contributed by atoms with Crippen LogP contribution in [-0.4, -0.2) is 47.0 Å². The zero-order valence-corrected chi connectivity index (χ0v) is 16.8. The van der Waals surface area contributed by atoms with Crippen molar-refractivity contribution in [1.29, 1.82) is 0 Å². The lowest BCUT2D eigenvalue weighted by Crippen LogP contribution is -2.38. The first-order valence-corrected chi connectivity index (χ1v) is 10.3. The Morgan fingerprint density at radius 3 is 2.61 bits per heavy atom. The third-order valence-electron chi connectivity index (χ3n) is 6.00. The van der Waals surface area contributed by atoms with E-state index in [1.54, 1.807) is 12.1 Å². The zero-order valence-electron chi connectivity index (χ0n) is 16.8. The molecule has 3 aliphatic rings. The number of nitro benzene ring substituents is 1. The van der Waals surface area contributed by atoms with E-state index in [1.807, 2.05) is 4.90 Å². The second-order valence-electron chi connectivity index (χ2n) is 7.85. The van der Waals surface area contributed by atoms with E-state index in [0.717, 1.165) is 24.1 Å². The third-order valence-corrected chi connectivity index (χ3v) is 6.00. The smallest absolute Gasteiger partial charge is 0.269 e. The highest BCUT2D eigenvalue weighted by atomic mass is 16.6. The molecule has 2 aromatic rings. The van der Waals surface area contributed by atoms with Gasteiger partial charge in [0.2, 0.25) is 5.95 Å². The lowest BCUT2D eigenvalue weighted by atomic mass is 9.76. The fraction of sp³-hybridized carbons (Fsp3) is 0.381. The number of anilines is 3. The van der Waals surface area contributed by atoms with E-state index in [9.17, 15) is 14.9 Å². The maximum atomic E-state index is 12.9. The summed E-state index contributed by atoms with van der Waals surface area (Å²) in [6.07, 6.45) is 1.97. The van der Waals surface area contributed by atoms with Crippen LogP contribution >= 0.6 is 0 Å². The number of ketones is 1.